The number of carbonyl (C=O) groups is 2. The summed E-state index contributed by atoms with van der Waals surface area (Å²) in [6.45, 7) is 3.65. The number of hydrogen-bond donors (Lipinski definition) is 2. The molecule has 0 aliphatic rings. The highest BCUT2D eigenvalue weighted by Gasteiger charge is 2.15. The number of benzene rings is 3. The first-order chi connectivity index (χ1) is 14.4. The molecule has 0 aliphatic carbocycles. The van der Waals surface area contributed by atoms with E-state index >= 15 is 0 Å². The van der Waals surface area contributed by atoms with E-state index in [1.807, 2.05) is 31.2 Å². The Hall–Kier alpha value is -3.80. The number of ether oxygens (including phenoxy) is 2. The van der Waals surface area contributed by atoms with Gasteiger partial charge in [-0.15, -0.1) is 0 Å². The maximum atomic E-state index is 12.4. The highest BCUT2D eigenvalue weighted by molar-refractivity contribution is 6.04. The fraction of sp³-hybridized carbons (Fsp3) is 0.167. The SMILES string of the molecule is COc1ccc(NC(=O)C(C)Oc2ccc(C(=O)Nc3ccc(C)cc3)cc2)cc1. The predicted molar refractivity (Wildman–Crippen MR) is 117 cm³/mol. The second-order valence-electron chi connectivity index (χ2n) is 6.82. The van der Waals surface area contributed by atoms with Gasteiger partial charge in [-0.1, -0.05) is 17.7 Å². The van der Waals surface area contributed by atoms with Crippen molar-refractivity contribution in [3.8, 4) is 11.5 Å². The van der Waals surface area contributed by atoms with Crippen LogP contribution in [0.1, 0.15) is 22.8 Å². The average Bonchev–Trinajstić information content (AvgIpc) is 2.76. The number of hydrogen-bond acceptors (Lipinski definition) is 4. The highest BCUT2D eigenvalue weighted by Crippen LogP contribution is 2.18. The molecule has 0 aromatic heterocycles. The van der Waals surface area contributed by atoms with E-state index in [0.717, 1.165) is 11.3 Å². The number of aryl methyl sites for hydroxylation is 1. The molecular weight excluding hydrogens is 380 g/mol. The average molecular weight is 404 g/mol. The van der Waals surface area contributed by atoms with E-state index in [-0.39, 0.29) is 11.8 Å². The highest BCUT2D eigenvalue weighted by atomic mass is 16.5. The fourth-order valence-electron chi connectivity index (χ4n) is 2.70. The monoisotopic (exact) mass is 404 g/mol. The van der Waals surface area contributed by atoms with Gasteiger partial charge < -0.3 is 20.1 Å². The minimum Gasteiger partial charge on any atom is -0.497 e. The summed E-state index contributed by atoms with van der Waals surface area (Å²) < 4.78 is 10.8. The summed E-state index contributed by atoms with van der Waals surface area (Å²) >= 11 is 0. The minimum atomic E-state index is -0.709. The summed E-state index contributed by atoms with van der Waals surface area (Å²) in [6.07, 6.45) is -0.709. The van der Waals surface area contributed by atoms with Gasteiger partial charge in [-0.05, 0) is 74.5 Å². The molecule has 0 radical (unpaired) electrons. The van der Waals surface area contributed by atoms with Gasteiger partial charge in [0, 0.05) is 16.9 Å². The second kappa shape index (κ2) is 9.60. The van der Waals surface area contributed by atoms with Gasteiger partial charge in [-0.2, -0.15) is 0 Å². The van der Waals surface area contributed by atoms with Crippen molar-refractivity contribution >= 4 is 23.2 Å². The predicted octanol–water partition coefficient (Wildman–Crippen LogP) is 4.66. The fourth-order valence-corrected chi connectivity index (χ4v) is 2.70. The minimum absolute atomic E-state index is 0.212. The van der Waals surface area contributed by atoms with Gasteiger partial charge in [-0.25, -0.2) is 0 Å². The Morgan fingerprint density at radius 3 is 1.90 bits per heavy atom. The summed E-state index contributed by atoms with van der Waals surface area (Å²) in [7, 11) is 1.58. The van der Waals surface area contributed by atoms with E-state index in [2.05, 4.69) is 10.6 Å². The standard InChI is InChI=1S/C24H24N2O4/c1-16-4-8-19(9-5-16)26-24(28)18-6-12-22(13-7-18)30-17(2)23(27)25-20-10-14-21(29-3)15-11-20/h4-15,17H,1-3H3,(H,25,27)(H,26,28). The number of anilines is 2. The zero-order chi connectivity index (χ0) is 21.5. The Morgan fingerprint density at radius 2 is 1.30 bits per heavy atom. The first kappa shape index (κ1) is 20.9. The summed E-state index contributed by atoms with van der Waals surface area (Å²) in [5.74, 6) is 0.722. The van der Waals surface area contributed by atoms with Gasteiger partial charge in [0.2, 0.25) is 0 Å². The van der Waals surface area contributed by atoms with Crippen LogP contribution in [0, 0.1) is 6.92 Å². The van der Waals surface area contributed by atoms with Gasteiger partial charge in [0.05, 0.1) is 7.11 Å². The molecule has 0 aliphatic heterocycles. The lowest BCUT2D eigenvalue weighted by atomic mass is 10.2. The maximum Gasteiger partial charge on any atom is 0.265 e. The molecule has 0 heterocycles. The van der Waals surface area contributed by atoms with E-state index in [4.69, 9.17) is 9.47 Å². The number of methoxy groups -OCH3 is 1. The molecule has 1 atom stereocenters. The lowest BCUT2D eigenvalue weighted by Crippen LogP contribution is -2.30. The van der Waals surface area contributed by atoms with Crippen LogP contribution in [-0.4, -0.2) is 25.0 Å². The van der Waals surface area contributed by atoms with E-state index in [1.54, 1.807) is 62.6 Å². The Kier molecular flexibility index (Phi) is 6.70. The van der Waals surface area contributed by atoms with Crippen LogP contribution >= 0.6 is 0 Å². The largest absolute Gasteiger partial charge is 0.497 e. The molecule has 0 spiro atoms. The lowest BCUT2D eigenvalue weighted by Gasteiger charge is -2.15. The van der Waals surface area contributed by atoms with Gasteiger partial charge in [-0.3, -0.25) is 9.59 Å². The van der Waals surface area contributed by atoms with Crippen molar-refractivity contribution in [2.24, 2.45) is 0 Å². The van der Waals surface area contributed by atoms with Crippen LogP contribution in [0.4, 0.5) is 11.4 Å². The molecule has 154 valence electrons. The second-order valence-corrected chi connectivity index (χ2v) is 6.82. The summed E-state index contributed by atoms with van der Waals surface area (Å²) in [4.78, 5) is 24.7. The van der Waals surface area contributed by atoms with Crippen LogP contribution in [0.3, 0.4) is 0 Å². The molecule has 0 fully saturated rings. The van der Waals surface area contributed by atoms with Crippen LogP contribution < -0.4 is 20.1 Å². The first-order valence-electron chi connectivity index (χ1n) is 9.54. The van der Waals surface area contributed by atoms with Crippen LogP contribution in [0.2, 0.25) is 0 Å². The van der Waals surface area contributed by atoms with Crippen LogP contribution in [-0.2, 0) is 4.79 Å². The number of carbonyl (C=O) groups excluding carboxylic acids is 2. The van der Waals surface area contributed by atoms with E-state index in [1.165, 1.54) is 0 Å². The van der Waals surface area contributed by atoms with E-state index in [0.29, 0.717) is 22.7 Å². The van der Waals surface area contributed by atoms with E-state index in [9.17, 15) is 9.59 Å². The summed E-state index contributed by atoms with van der Waals surface area (Å²) in [6, 6.07) is 21.3. The van der Waals surface area contributed by atoms with Gasteiger partial charge in [0.1, 0.15) is 11.5 Å². The van der Waals surface area contributed by atoms with Crippen molar-refractivity contribution in [3.63, 3.8) is 0 Å². The lowest BCUT2D eigenvalue weighted by molar-refractivity contribution is -0.122. The molecule has 1 unspecified atom stereocenters. The third-order valence-electron chi connectivity index (χ3n) is 4.47. The number of nitrogens with one attached hydrogen (secondary N) is 2. The van der Waals surface area contributed by atoms with E-state index < -0.39 is 6.10 Å². The normalized spacial score (nSPS) is 11.3. The number of amides is 2. The zero-order valence-electron chi connectivity index (χ0n) is 17.1. The summed E-state index contributed by atoms with van der Waals surface area (Å²) in [5.41, 5.74) is 3.01. The van der Waals surface area contributed by atoms with Gasteiger partial charge >= 0.3 is 0 Å². The van der Waals surface area contributed by atoms with Crippen molar-refractivity contribution in [3.05, 3.63) is 83.9 Å². The van der Waals surface area contributed by atoms with Crippen LogP contribution in [0.5, 0.6) is 11.5 Å². The molecule has 30 heavy (non-hydrogen) atoms. The molecule has 6 nitrogen and oxygen atoms in total. The third kappa shape index (κ3) is 5.61. The van der Waals surface area contributed by atoms with Crippen molar-refractivity contribution < 1.29 is 19.1 Å². The molecule has 3 rings (SSSR count). The van der Waals surface area contributed by atoms with Crippen LogP contribution in [0.15, 0.2) is 72.8 Å². The topological polar surface area (TPSA) is 76.7 Å². The van der Waals surface area contributed by atoms with Crippen molar-refractivity contribution in [1.82, 2.24) is 0 Å². The first-order valence-corrected chi connectivity index (χ1v) is 9.54. The Morgan fingerprint density at radius 1 is 0.767 bits per heavy atom. The maximum absolute atomic E-state index is 12.4. The van der Waals surface area contributed by atoms with Gasteiger partial charge in [0.25, 0.3) is 11.8 Å². The molecule has 0 saturated carbocycles. The Balaban J connectivity index is 1.55. The Bertz CT molecular complexity index is 997. The van der Waals surface area contributed by atoms with Crippen molar-refractivity contribution in [2.75, 3.05) is 17.7 Å². The quantitative estimate of drug-likeness (QED) is 0.600. The Labute approximate surface area is 175 Å². The number of rotatable bonds is 7. The molecular formula is C24H24N2O4. The molecule has 0 bridgehead atoms. The molecule has 3 aromatic rings. The molecule has 0 saturated heterocycles. The van der Waals surface area contributed by atoms with Crippen LogP contribution in [0.25, 0.3) is 0 Å². The van der Waals surface area contributed by atoms with Crippen molar-refractivity contribution in [2.45, 2.75) is 20.0 Å². The van der Waals surface area contributed by atoms with Gasteiger partial charge in [0.15, 0.2) is 6.10 Å². The molecule has 6 heteroatoms. The molecule has 2 N–H and O–H groups in total. The van der Waals surface area contributed by atoms with Crippen molar-refractivity contribution in [1.29, 1.82) is 0 Å². The smallest absolute Gasteiger partial charge is 0.265 e. The zero-order valence-corrected chi connectivity index (χ0v) is 17.1. The third-order valence-corrected chi connectivity index (χ3v) is 4.47. The summed E-state index contributed by atoms with van der Waals surface area (Å²) in [5, 5.41) is 5.64. The molecule has 2 amide bonds. The molecule has 3 aromatic carbocycles.